The van der Waals surface area contributed by atoms with Crippen LogP contribution in [-0.2, 0) is 0 Å². The van der Waals surface area contributed by atoms with Gasteiger partial charge in [0.15, 0.2) is 0 Å². The van der Waals surface area contributed by atoms with E-state index in [1.165, 1.54) is 16.7 Å². The number of halogens is 1. The minimum absolute atomic E-state index is 0.115. The number of carbonyl (C=O) groups excluding carboxylic acids is 1. The molecule has 0 aromatic carbocycles. The second-order valence-corrected chi connectivity index (χ2v) is 4.10. The van der Waals surface area contributed by atoms with Gasteiger partial charge >= 0.3 is 0 Å². The summed E-state index contributed by atoms with van der Waals surface area (Å²) in [5.74, 6) is -0.496. The van der Waals surface area contributed by atoms with Gasteiger partial charge in [0.05, 0.1) is 5.69 Å². The Balaban J connectivity index is 2.59. The summed E-state index contributed by atoms with van der Waals surface area (Å²) in [6.07, 6.45) is 1.30. The molecule has 0 aliphatic carbocycles. The van der Waals surface area contributed by atoms with Gasteiger partial charge in [-0.1, -0.05) is 0 Å². The molecule has 0 saturated heterocycles. The summed E-state index contributed by atoms with van der Waals surface area (Å²) < 4.78 is 14.8. The molecule has 18 heavy (non-hydrogen) atoms. The first kappa shape index (κ1) is 12.5. The van der Waals surface area contributed by atoms with Crippen molar-refractivity contribution in [2.75, 3.05) is 13.1 Å². The zero-order chi connectivity index (χ0) is 13.3. The molecule has 0 fully saturated rings. The van der Waals surface area contributed by atoms with E-state index in [0.29, 0.717) is 30.1 Å². The maximum Gasteiger partial charge on any atom is 0.272 e. The van der Waals surface area contributed by atoms with Crippen LogP contribution in [-0.4, -0.2) is 33.3 Å². The van der Waals surface area contributed by atoms with E-state index in [-0.39, 0.29) is 11.7 Å². The molecule has 2 aromatic rings. The second kappa shape index (κ2) is 4.76. The molecule has 96 valence electrons. The summed E-state index contributed by atoms with van der Waals surface area (Å²) >= 11 is 0. The van der Waals surface area contributed by atoms with Crippen LogP contribution in [0.25, 0.3) is 5.65 Å². The fourth-order valence-corrected chi connectivity index (χ4v) is 2.05. The maximum atomic E-state index is 13.3. The molecule has 0 radical (unpaired) electrons. The quantitative estimate of drug-likeness (QED) is 0.836. The first-order chi connectivity index (χ1) is 8.58. The summed E-state index contributed by atoms with van der Waals surface area (Å²) in [6.45, 7) is 6.84. The third-order valence-electron chi connectivity index (χ3n) is 3.01. The first-order valence-electron chi connectivity index (χ1n) is 6.02. The normalized spacial score (nSPS) is 10.9. The fourth-order valence-electron chi connectivity index (χ4n) is 2.05. The van der Waals surface area contributed by atoms with Crippen molar-refractivity contribution < 1.29 is 9.18 Å². The predicted octanol–water partition coefficient (Wildman–Crippen LogP) is 2.26. The number of amides is 1. The summed E-state index contributed by atoms with van der Waals surface area (Å²) in [7, 11) is 0. The second-order valence-electron chi connectivity index (χ2n) is 4.10. The van der Waals surface area contributed by atoms with Crippen molar-refractivity contribution in [3.8, 4) is 0 Å². The smallest absolute Gasteiger partial charge is 0.272 e. The summed E-state index contributed by atoms with van der Waals surface area (Å²) in [5.41, 5.74) is 1.65. The molecule has 5 heteroatoms. The Morgan fingerprint density at radius 1 is 1.39 bits per heavy atom. The SMILES string of the molecule is CCN(CC)C(=O)c1c(C)nc2ccc(F)cn12. The molecule has 1 amide bonds. The lowest BCUT2D eigenvalue weighted by molar-refractivity contribution is 0.0765. The molecule has 2 rings (SSSR count). The molecule has 0 bridgehead atoms. The van der Waals surface area contributed by atoms with Crippen LogP contribution in [0.15, 0.2) is 18.3 Å². The van der Waals surface area contributed by atoms with E-state index in [2.05, 4.69) is 4.98 Å². The number of fused-ring (bicyclic) bond motifs is 1. The Hall–Kier alpha value is -1.91. The zero-order valence-electron chi connectivity index (χ0n) is 10.8. The highest BCUT2D eigenvalue weighted by Gasteiger charge is 2.20. The van der Waals surface area contributed by atoms with E-state index < -0.39 is 0 Å². The zero-order valence-corrected chi connectivity index (χ0v) is 10.8. The van der Waals surface area contributed by atoms with Crippen molar-refractivity contribution in [2.24, 2.45) is 0 Å². The number of pyridine rings is 1. The van der Waals surface area contributed by atoms with Crippen LogP contribution < -0.4 is 0 Å². The van der Waals surface area contributed by atoms with Crippen molar-refractivity contribution in [3.63, 3.8) is 0 Å². The van der Waals surface area contributed by atoms with Gasteiger partial charge in [-0.25, -0.2) is 9.37 Å². The Bertz CT molecular complexity index is 587. The van der Waals surface area contributed by atoms with Gasteiger partial charge in [-0.2, -0.15) is 0 Å². The summed E-state index contributed by atoms with van der Waals surface area (Å²) in [5, 5.41) is 0. The molecule has 0 spiro atoms. The lowest BCUT2D eigenvalue weighted by atomic mass is 10.3. The Morgan fingerprint density at radius 3 is 2.67 bits per heavy atom. The molecule has 0 N–H and O–H groups in total. The number of hydrogen-bond acceptors (Lipinski definition) is 2. The number of hydrogen-bond donors (Lipinski definition) is 0. The van der Waals surface area contributed by atoms with E-state index >= 15 is 0 Å². The van der Waals surface area contributed by atoms with E-state index in [4.69, 9.17) is 0 Å². The first-order valence-corrected chi connectivity index (χ1v) is 6.02. The van der Waals surface area contributed by atoms with Gasteiger partial charge < -0.3 is 4.90 Å². The number of imidazole rings is 1. The number of nitrogens with zero attached hydrogens (tertiary/aromatic N) is 3. The van der Waals surface area contributed by atoms with Crippen LogP contribution in [0.3, 0.4) is 0 Å². The van der Waals surface area contributed by atoms with Crippen molar-refractivity contribution in [3.05, 3.63) is 35.5 Å². The molecule has 0 aliphatic heterocycles. The molecule has 0 atom stereocenters. The highest BCUT2D eigenvalue weighted by Crippen LogP contribution is 2.15. The van der Waals surface area contributed by atoms with E-state index in [1.807, 2.05) is 13.8 Å². The van der Waals surface area contributed by atoms with Crippen LogP contribution in [0.5, 0.6) is 0 Å². The minimum Gasteiger partial charge on any atom is -0.338 e. The average Bonchev–Trinajstić information content (AvgIpc) is 2.65. The number of rotatable bonds is 3. The summed E-state index contributed by atoms with van der Waals surface area (Å²) in [6, 6.07) is 2.91. The van der Waals surface area contributed by atoms with Crippen molar-refractivity contribution in [1.82, 2.24) is 14.3 Å². The highest BCUT2D eigenvalue weighted by molar-refractivity contribution is 5.94. The van der Waals surface area contributed by atoms with E-state index in [1.54, 1.807) is 17.9 Å². The monoisotopic (exact) mass is 249 g/mol. The standard InChI is InChI=1S/C13H16FN3O/c1-4-16(5-2)13(18)12-9(3)15-11-7-6-10(14)8-17(11)12/h6-8H,4-5H2,1-3H3. The average molecular weight is 249 g/mol. The Kier molecular flexibility index (Phi) is 3.32. The van der Waals surface area contributed by atoms with Gasteiger partial charge in [0.25, 0.3) is 5.91 Å². The van der Waals surface area contributed by atoms with Gasteiger partial charge in [0, 0.05) is 19.3 Å². The van der Waals surface area contributed by atoms with Crippen molar-refractivity contribution in [1.29, 1.82) is 0 Å². The fraction of sp³-hybridized carbons (Fsp3) is 0.385. The van der Waals surface area contributed by atoms with Crippen LogP contribution in [0.1, 0.15) is 30.0 Å². The molecule has 2 aromatic heterocycles. The number of aryl methyl sites for hydroxylation is 1. The highest BCUT2D eigenvalue weighted by atomic mass is 19.1. The van der Waals surface area contributed by atoms with E-state index in [9.17, 15) is 9.18 Å². The lowest BCUT2D eigenvalue weighted by Crippen LogP contribution is -2.31. The Morgan fingerprint density at radius 2 is 2.06 bits per heavy atom. The van der Waals surface area contributed by atoms with Gasteiger partial charge in [-0.15, -0.1) is 0 Å². The molecule has 0 aliphatic rings. The van der Waals surface area contributed by atoms with Crippen LogP contribution in [0.2, 0.25) is 0 Å². The molecular weight excluding hydrogens is 233 g/mol. The van der Waals surface area contributed by atoms with Crippen LogP contribution in [0.4, 0.5) is 4.39 Å². The topological polar surface area (TPSA) is 37.6 Å². The third-order valence-corrected chi connectivity index (χ3v) is 3.01. The van der Waals surface area contributed by atoms with Crippen LogP contribution in [0, 0.1) is 12.7 Å². The molecule has 2 heterocycles. The Labute approximate surface area is 105 Å². The number of aromatic nitrogens is 2. The third kappa shape index (κ3) is 1.96. The molecular formula is C13H16FN3O. The molecule has 0 saturated carbocycles. The van der Waals surface area contributed by atoms with Gasteiger partial charge in [-0.05, 0) is 32.9 Å². The number of carbonyl (C=O) groups is 1. The summed E-state index contributed by atoms with van der Waals surface area (Å²) in [4.78, 5) is 18.3. The molecule has 4 nitrogen and oxygen atoms in total. The van der Waals surface area contributed by atoms with Crippen molar-refractivity contribution in [2.45, 2.75) is 20.8 Å². The van der Waals surface area contributed by atoms with Crippen LogP contribution >= 0.6 is 0 Å². The van der Waals surface area contributed by atoms with E-state index in [0.717, 1.165) is 0 Å². The largest absolute Gasteiger partial charge is 0.338 e. The van der Waals surface area contributed by atoms with Gasteiger partial charge in [0.2, 0.25) is 0 Å². The lowest BCUT2D eigenvalue weighted by Gasteiger charge is -2.18. The van der Waals surface area contributed by atoms with Gasteiger partial charge in [0.1, 0.15) is 17.2 Å². The minimum atomic E-state index is -0.381. The maximum absolute atomic E-state index is 13.3. The van der Waals surface area contributed by atoms with Gasteiger partial charge in [-0.3, -0.25) is 9.20 Å². The molecule has 0 unspecified atom stereocenters. The predicted molar refractivity (Wildman–Crippen MR) is 67.1 cm³/mol. The van der Waals surface area contributed by atoms with Crippen molar-refractivity contribution >= 4 is 11.6 Å².